The lowest BCUT2D eigenvalue weighted by Crippen LogP contribution is -2.20. The minimum absolute atomic E-state index is 0.143. The summed E-state index contributed by atoms with van der Waals surface area (Å²) in [5.74, 6) is 0.167. The predicted molar refractivity (Wildman–Crippen MR) is 78.3 cm³/mol. The summed E-state index contributed by atoms with van der Waals surface area (Å²) in [5.41, 5.74) is 1.66. The summed E-state index contributed by atoms with van der Waals surface area (Å²) in [6.45, 7) is 3.37. The van der Waals surface area contributed by atoms with E-state index in [0.717, 1.165) is 5.56 Å². The number of alkyl halides is 2. The fourth-order valence-electron chi connectivity index (χ4n) is 2.05. The monoisotopic (exact) mass is 309 g/mol. The molecule has 1 heterocycles. The third kappa shape index (κ3) is 3.60. The molecule has 0 saturated carbocycles. The van der Waals surface area contributed by atoms with Gasteiger partial charge in [0.25, 0.3) is 6.43 Å². The first-order chi connectivity index (χ1) is 10.4. The van der Waals surface area contributed by atoms with Gasteiger partial charge in [-0.05, 0) is 37.6 Å². The summed E-state index contributed by atoms with van der Waals surface area (Å²) in [6.07, 6.45) is -2.65. The van der Waals surface area contributed by atoms with Crippen LogP contribution < -0.4 is 10.1 Å². The third-order valence-corrected chi connectivity index (χ3v) is 3.15. The summed E-state index contributed by atoms with van der Waals surface area (Å²) in [4.78, 5) is 12.1. The van der Waals surface area contributed by atoms with E-state index in [-0.39, 0.29) is 18.1 Å². The number of halogens is 2. The van der Waals surface area contributed by atoms with Crippen LogP contribution in [0.3, 0.4) is 0 Å². The van der Waals surface area contributed by atoms with Crippen molar-refractivity contribution in [1.82, 2.24) is 9.78 Å². The van der Waals surface area contributed by atoms with Gasteiger partial charge in [-0.2, -0.15) is 5.10 Å². The Morgan fingerprint density at radius 2 is 2.09 bits per heavy atom. The standard InChI is InChI=1S/C15H17F2N3O2/c1-9-4-5-13(22-3)11(6-9)18-14(21)8-20-10(2)7-12(19-20)15(16)17/h4-7,15H,8H2,1-3H3,(H,18,21). The van der Waals surface area contributed by atoms with E-state index in [0.29, 0.717) is 17.1 Å². The predicted octanol–water partition coefficient (Wildman–Crippen LogP) is 3.08. The average Bonchev–Trinajstić information content (AvgIpc) is 2.80. The van der Waals surface area contributed by atoms with Crippen LogP contribution in [0.4, 0.5) is 14.5 Å². The van der Waals surface area contributed by atoms with Crippen LogP contribution >= 0.6 is 0 Å². The molecule has 0 unspecified atom stereocenters. The van der Waals surface area contributed by atoms with Crippen molar-refractivity contribution < 1.29 is 18.3 Å². The van der Waals surface area contributed by atoms with Gasteiger partial charge in [-0.25, -0.2) is 8.78 Å². The van der Waals surface area contributed by atoms with Crippen LogP contribution in [0.25, 0.3) is 0 Å². The van der Waals surface area contributed by atoms with Crippen LogP contribution in [0.5, 0.6) is 5.75 Å². The lowest BCUT2D eigenvalue weighted by atomic mass is 10.2. The maximum Gasteiger partial charge on any atom is 0.282 e. The number of anilines is 1. The van der Waals surface area contributed by atoms with Gasteiger partial charge in [-0.3, -0.25) is 9.48 Å². The first-order valence-corrected chi connectivity index (χ1v) is 6.67. The van der Waals surface area contributed by atoms with Crippen molar-refractivity contribution in [2.24, 2.45) is 0 Å². The lowest BCUT2D eigenvalue weighted by Gasteiger charge is -2.11. The minimum atomic E-state index is -2.65. The fraction of sp³-hybridized carbons (Fsp3) is 0.333. The molecule has 2 aromatic rings. The molecule has 1 amide bonds. The number of amides is 1. The number of nitrogens with zero attached hydrogens (tertiary/aromatic N) is 2. The maximum absolute atomic E-state index is 12.6. The van der Waals surface area contributed by atoms with Gasteiger partial charge in [0.15, 0.2) is 0 Å². The quantitative estimate of drug-likeness (QED) is 0.923. The Morgan fingerprint density at radius 1 is 1.36 bits per heavy atom. The SMILES string of the molecule is COc1ccc(C)cc1NC(=O)Cn1nc(C(F)F)cc1C. The zero-order valence-electron chi connectivity index (χ0n) is 12.6. The highest BCUT2D eigenvalue weighted by atomic mass is 19.3. The Morgan fingerprint density at radius 3 is 2.68 bits per heavy atom. The third-order valence-electron chi connectivity index (χ3n) is 3.15. The van der Waals surface area contributed by atoms with Crippen molar-refractivity contribution in [2.45, 2.75) is 26.8 Å². The van der Waals surface area contributed by atoms with Crippen LogP contribution in [-0.2, 0) is 11.3 Å². The van der Waals surface area contributed by atoms with Crippen LogP contribution in [0.2, 0.25) is 0 Å². The topological polar surface area (TPSA) is 56.1 Å². The molecule has 0 aliphatic heterocycles. The zero-order valence-corrected chi connectivity index (χ0v) is 12.6. The van der Waals surface area contributed by atoms with E-state index in [4.69, 9.17) is 4.74 Å². The molecule has 0 spiro atoms. The van der Waals surface area contributed by atoms with E-state index in [1.807, 2.05) is 13.0 Å². The number of hydrogen-bond donors (Lipinski definition) is 1. The Hall–Kier alpha value is -2.44. The first kappa shape index (κ1) is 15.9. The van der Waals surface area contributed by atoms with E-state index >= 15 is 0 Å². The van der Waals surface area contributed by atoms with E-state index in [2.05, 4.69) is 10.4 Å². The number of carbonyl (C=O) groups is 1. The van der Waals surface area contributed by atoms with E-state index in [1.54, 1.807) is 19.1 Å². The number of benzene rings is 1. The smallest absolute Gasteiger partial charge is 0.282 e. The Kier molecular flexibility index (Phi) is 4.75. The van der Waals surface area contributed by atoms with Gasteiger partial charge in [-0.1, -0.05) is 6.07 Å². The van der Waals surface area contributed by atoms with Gasteiger partial charge in [0.2, 0.25) is 5.91 Å². The Bertz CT molecular complexity index is 683. The van der Waals surface area contributed by atoms with E-state index in [9.17, 15) is 13.6 Å². The lowest BCUT2D eigenvalue weighted by molar-refractivity contribution is -0.117. The summed E-state index contributed by atoms with van der Waals surface area (Å²) in [6, 6.07) is 6.66. The first-order valence-electron chi connectivity index (χ1n) is 6.67. The largest absolute Gasteiger partial charge is 0.495 e. The van der Waals surface area contributed by atoms with Gasteiger partial charge in [-0.15, -0.1) is 0 Å². The molecule has 118 valence electrons. The van der Waals surface area contributed by atoms with Crippen molar-refractivity contribution in [3.05, 3.63) is 41.2 Å². The Labute approximate surface area is 126 Å². The highest BCUT2D eigenvalue weighted by Crippen LogP contribution is 2.25. The minimum Gasteiger partial charge on any atom is -0.495 e. The van der Waals surface area contributed by atoms with E-state index < -0.39 is 6.43 Å². The fourth-order valence-corrected chi connectivity index (χ4v) is 2.05. The van der Waals surface area contributed by atoms with Gasteiger partial charge in [0.1, 0.15) is 18.0 Å². The number of rotatable bonds is 5. The van der Waals surface area contributed by atoms with Crippen molar-refractivity contribution >= 4 is 11.6 Å². The van der Waals surface area contributed by atoms with Crippen LogP contribution in [0.15, 0.2) is 24.3 Å². The summed E-state index contributed by atoms with van der Waals surface area (Å²) >= 11 is 0. The zero-order chi connectivity index (χ0) is 16.3. The van der Waals surface area contributed by atoms with Crippen molar-refractivity contribution in [2.75, 3.05) is 12.4 Å². The van der Waals surface area contributed by atoms with Gasteiger partial charge >= 0.3 is 0 Å². The highest BCUT2D eigenvalue weighted by Gasteiger charge is 2.15. The summed E-state index contributed by atoms with van der Waals surface area (Å²) < 4.78 is 31.6. The number of hydrogen-bond acceptors (Lipinski definition) is 3. The number of ether oxygens (including phenoxy) is 1. The number of aryl methyl sites for hydroxylation is 2. The molecule has 0 fully saturated rings. The molecular weight excluding hydrogens is 292 g/mol. The second-order valence-electron chi connectivity index (χ2n) is 4.92. The molecule has 1 aromatic carbocycles. The normalized spacial score (nSPS) is 10.8. The molecule has 1 aromatic heterocycles. The molecule has 1 N–H and O–H groups in total. The van der Waals surface area contributed by atoms with Crippen molar-refractivity contribution in [3.63, 3.8) is 0 Å². The van der Waals surface area contributed by atoms with Gasteiger partial charge < -0.3 is 10.1 Å². The number of nitrogens with one attached hydrogen (secondary N) is 1. The molecule has 5 nitrogen and oxygen atoms in total. The number of carbonyl (C=O) groups excluding carboxylic acids is 1. The van der Waals surface area contributed by atoms with Crippen molar-refractivity contribution in [1.29, 1.82) is 0 Å². The molecule has 0 aliphatic carbocycles. The average molecular weight is 309 g/mol. The highest BCUT2D eigenvalue weighted by molar-refractivity contribution is 5.92. The maximum atomic E-state index is 12.6. The van der Waals surface area contributed by atoms with Crippen LogP contribution in [0.1, 0.15) is 23.4 Å². The molecule has 0 aliphatic rings. The summed E-state index contributed by atoms with van der Waals surface area (Å²) in [5, 5.41) is 6.43. The van der Waals surface area contributed by atoms with Crippen LogP contribution in [0, 0.1) is 13.8 Å². The molecule has 0 saturated heterocycles. The molecule has 22 heavy (non-hydrogen) atoms. The molecule has 0 radical (unpaired) electrons. The van der Waals surface area contributed by atoms with Gasteiger partial charge in [0.05, 0.1) is 12.8 Å². The molecule has 0 atom stereocenters. The number of aromatic nitrogens is 2. The number of methoxy groups -OCH3 is 1. The van der Waals surface area contributed by atoms with Gasteiger partial charge in [0, 0.05) is 5.69 Å². The van der Waals surface area contributed by atoms with Crippen molar-refractivity contribution in [3.8, 4) is 5.75 Å². The molecule has 2 rings (SSSR count). The second-order valence-corrected chi connectivity index (χ2v) is 4.92. The molecular formula is C15H17F2N3O2. The Balaban J connectivity index is 2.12. The van der Waals surface area contributed by atoms with Crippen LogP contribution in [-0.4, -0.2) is 22.8 Å². The van der Waals surface area contributed by atoms with E-state index in [1.165, 1.54) is 17.9 Å². The second kappa shape index (κ2) is 6.55. The summed E-state index contributed by atoms with van der Waals surface area (Å²) in [7, 11) is 1.51. The molecule has 7 heteroatoms. The molecule has 0 bridgehead atoms.